The molecule has 0 radical (unpaired) electrons. The van der Waals surface area contributed by atoms with Crippen LogP contribution in [0.25, 0.3) is 22.4 Å². The fraction of sp³-hybridized carbons (Fsp3) is 0. The van der Waals surface area contributed by atoms with Gasteiger partial charge in [-0.05, 0) is 35.9 Å². The predicted molar refractivity (Wildman–Crippen MR) is 106 cm³/mol. The normalized spacial score (nSPS) is 10.4. The Morgan fingerprint density at radius 2 is 1.74 bits per heavy atom. The number of rotatable bonds is 3. The number of nitrogens with zero attached hydrogens (tertiary/aromatic N) is 3. The molecule has 1 heterocycles. The maximum absolute atomic E-state index is 11.2. The number of nitrogen functional groups attached to an aromatic ring is 1. The van der Waals surface area contributed by atoms with E-state index in [0.29, 0.717) is 32.4 Å². The first-order valence-corrected chi connectivity index (χ1v) is 8.55. The second-order valence-corrected chi connectivity index (χ2v) is 6.73. The Hall–Kier alpha value is -2.85. The van der Waals surface area contributed by atoms with E-state index in [1.807, 2.05) is 6.07 Å². The summed E-state index contributed by atoms with van der Waals surface area (Å²) in [5.74, 6) is -0.0290. The molecule has 134 valence electrons. The van der Waals surface area contributed by atoms with Crippen LogP contribution in [0.4, 0.5) is 11.5 Å². The SMILES string of the molecule is N#Cc1c(-c2ccc(Cl)c([N+](=O)[O-])c2)cc(-c2cc(Cl)ccc2Cl)nc1N. The highest BCUT2D eigenvalue weighted by atomic mass is 35.5. The summed E-state index contributed by atoms with van der Waals surface area (Å²) in [7, 11) is 0. The summed E-state index contributed by atoms with van der Waals surface area (Å²) in [5, 5.41) is 21.5. The van der Waals surface area contributed by atoms with E-state index < -0.39 is 4.92 Å². The van der Waals surface area contributed by atoms with Gasteiger partial charge in [0, 0.05) is 22.2 Å². The zero-order chi connectivity index (χ0) is 19.7. The van der Waals surface area contributed by atoms with Crippen molar-refractivity contribution >= 4 is 46.3 Å². The minimum Gasteiger partial charge on any atom is -0.383 e. The van der Waals surface area contributed by atoms with Gasteiger partial charge in [0.1, 0.15) is 22.5 Å². The van der Waals surface area contributed by atoms with E-state index >= 15 is 0 Å². The molecule has 27 heavy (non-hydrogen) atoms. The van der Waals surface area contributed by atoms with Crippen molar-refractivity contribution in [3.8, 4) is 28.5 Å². The predicted octanol–water partition coefficient (Wildman–Crippen LogP) is 5.74. The van der Waals surface area contributed by atoms with Gasteiger partial charge in [0.25, 0.3) is 5.69 Å². The van der Waals surface area contributed by atoms with Crippen LogP contribution in [0.2, 0.25) is 15.1 Å². The molecule has 2 N–H and O–H groups in total. The highest BCUT2D eigenvalue weighted by Gasteiger charge is 2.19. The van der Waals surface area contributed by atoms with Crippen LogP contribution in [-0.2, 0) is 0 Å². The van der Waals surface area contributed by atoms with Gasteiger partial charge in [-0.15, -0.1) is 0 Å². The molecule has 1 aromatic heterocycles. The van der Waals surface area contributed by atoms with Crippen molar-refractivity contribution in [1.29, 1.82) is 5.26 Å². The third-order valence-corrected chi connectivity index (χ3v) is 4.70. The van der Waals surface area contributed by atoms with E-state index in [2.05, 4.69) is 4.98 Å². The monoisotopic (exact) mass is 418 g/mol. The van der Waals surface area contributed by atoms with Crippen LogP contribution < -0.4 is 5.73 Å². The molecule has 0 aliphatic heterocycles. The molecule has 0 aliphatic rings. The van der Waals surface area contributed by atoms with E-state index in [-0.39, 0.29) is 22.1 Å². The first-order valence-electron chi connectivity index (χ1n) is 7.42. The molecule has 0 aliphatic carbocycles. The molecule has 3 aromatic rings. The molecule has 0 bridgehead atoms. The highest BCUT2D eigenvalue weighted by molar-refractivity contribution is 6.35. The Labute approximate surface area is 168 Å². The van der Waals surface area contributed by atoms with Gasteiger partial charge < -0.3 is 5.73 Å². The van der Waals surface area contributed by atoms with Crippen molar-refractivity contribution in [2.45, 2.75) is 0 Å². The smallest absolute Gasteiger partial charge is 0.288 e. The van der Waals surface area contributed by atoms with Gasteiger partial charge in [-0.1, -0.05) is 40.9 Å². The lowest BCUT2D eigenvalue weighted by Crippen LogP contribution is -2.00. The van der Waals surface area contributed by atoms with E-state index in [0.717, 1.165) is 0 Å². The number of benzene rings is 2. The van der Waals surface area contributed by atoms with Crippen LogP contribution in [0.1, 0.15) is 5.56 Å². The van der Waals surface area contributed by atoms with Crippen LogP contribution >= 0.6 is 34.8 Å². The van der Waals surface area contributed by atoms with Crippen LogP contribution in [0.5, 0.6) is 0 Å². The summed E-state index contributed by atoms with van der Waals surface area (Å²) in [6, 6.07) is 12.7. The van der Waals surface area contributed by atoms with E-state index in [1.165, 1.54) is 12.1 Å². The lowest BCUT2D eigenvalue weighted by atomic mass is 9.98. The van der Waals surface area contributed by atoms with E-state index in [4.69, 9.17) is 40.5 Å². The zero-order valence-corrected chi connectivity index (χ0v) is 15.7. The van der Waals surface area contributed by atoms with Gasteiger partial charge in [0.15, 0.2) is 0 Å². The van der Waals surface area contributed by atoms with Crippen LogP contribution in [0.3, 0.4) is 0 Å². The Balaban J connectivity index is 2.29. The average Bonchev–Trinajstić information content (AvgIpc) is 2.63. The molecule has 3 rings (SSSR count). The quantitative estimate of drug-likeness (QED) is 0.430. The Morgan fingerprint density at radius 3 is 2.41 bits per heavy atom. The molecule has 0 amide bonds. The third-order valence-electron chi connectivity index (χ3n) is 3.82. The van der Waals surface area contributed by atoms with Gasteiger partial charge >= 0.3 is 0 Å². The zero-order valence-electron chi connectivity index (χ0n) is 13.4. The number of nitrogens with two attached hydrogens (primary N) is 1. The minimum atomic E-state index is -0.600. The van der Waals surface area contributed by atoms with E-state index in [1.54, 1.807) is 30.3 Å². The van der Waals surface area contributed by atoms with Gasteiger partial charge in [0.05, 0.1) is 15.6 Å². The van der Waals surface area contributed by atoms with Crippen molar-refractivity contribution in [2.75, 3.05) is 5.73 Å². The Morgan fingerprint density at radius 1 is 1.04 bits per heavy atom. The van der Waals surface area contributed by atoms with Crippen molar-refractivity contribution < 1.29 is 4.92 Å². The summed E-state index contributed by atoms with van der Waals surface area (Å²) >= 11 is 18.1. The Bertz CT molecular complexity index is 1130. The lowest BCUT2D eigenvalue weighted by Gasteiger charge is -2.11. The second-order valence-electron chi connectivity index (χ2n) is 5.47. The summed E-state index contributed by atoms with van der Waals surface area (Å²) in [6.07, 6.45) is 0. The number of nitro groups is 1. The summed E-state index contributed by atoms with van der Waals surface area (Å²) in [4.78, 5) is 14.8. The molecule has 0 saturated heterocycles. The maximum atomic E-state index is 11.2. The fourth-order valence-corrected chi connectivity index (χ4v) is 3.13. The average molecular weight is 420 g/mol. The molecule has 0 spiro atoms. The summed E-state index contributed by atoms with van der Waals surface area (Å²) in [6.45, 7) is 0. The number of anilines is 1. The summed E-state index contributed by atoms with van der Waals surface area (Å²) < 4.78 is 0. The second kappa shape index (κ2) is 7.41. The molecule has 0 atom stereocenters. The summed E-state index contributed by atoms with van der Waals surface area (Å²) in [5.41, 5.74) is 7.43. The largest absolute Gasteiger partial charge is 0.383 e. The number of nitro benzene ring substituents is 1. The molecular weight excluding hydrogens is 411 g/mol. The minimum absolute atomic E-state index is 0.0117. The molecular formula is C18H9Cl3N4O2. The highest BCUT2D eigenvalue weighted by Crippen LogP contribution is 2.37. The topological polar surface area (TPSA) is 106 Å². The molecule has 9 heteroatoms. The number of aromatic nitrogens is 1. The molecule has 0 fully saturated rings. The standard InChI is InChI=1S/C18H9Cl3N4O2/c19-10-2-4-14(20)12(6-10)16-7-11(13(8-22)18(23)24-16)9-1-3-15(21)17(5-9)25(26)27/h1-7H,(H2,23,24). The third kappa shape index (κ3) is 3.67. The van der Waals surface area contributed by atoms with Gasteiger partial charge in [-0.25, -0.2) is 4.98 Å². The number of nitriles is 1. The van der Waals surface area contributed by atoms with Crippen molar-refractivity contribution in [3.05, 3.63) is 73.2 Å². The number of hydrogen-bond acceptors (Lipinski definition) is 5. The molecule has 2 aromatic carbocycles. The lowest BCUT2D eigenvalue weighted by molar-refractivity contribution is -0.384. The van der Waals surface area contributed by atoms with Gasteiger partial charge in [-0.3, -0.25) is 10.1 Å². The van der Waals surface area contributed by atoms with Gasteiger partial charge in [0.2, 0.25) is 0 Å². The van der Waals surface area contributed by atoms with Crippen LogP contribution in [-0.4, -0.2) is 9.91 Å². The first-order chi connectivity index (χ1) is 12.8. The van der Waals surface area contributed by atoms with Crippen LogP contribution in [0.15, 0.2) is 42.5 Å². The Kier molecular flexibility index (Phi) is 5.19. The number of pyridine rings is 1. The molecule has 6 nitrogen and oxygen atoms in total. The van der Waals surface area contributed by atoms with Crippen molar-refractivity contribution in [2.24, 2.45) is 0 Å². The maximum Gasteiger partial charge on any atom is 0.288 e. The van der Waals surface area contributed by atoms with Crippen molar-refractivity contribution in [1.82, 2.24) is 4.98 Å². The molecule has 0 saturated carbocycles. The van der Waals surface area contributed by atoms with Crippen molar-refractivity contribution in [3.63, 3.8) is 0 Å². The number of hydrogen-bond donors (Lipinski definition) is 1. The fourth-order valence-electron chi connectivity index (χ4n) is 2.56. The number of halogens is 3. The van der Waals surface area contributed by atoms with Gasteiger partial charge in [-0.2, -0.15) is 5.26 Å². The van der Waals surface area contributed by atoms with E-state index in [9.17, 15) is 15.4 Å². The first kappa shape index (κ1) is 18.9. The van der Waals surface area contributed by atoms with Crippen LogP contribution in [0, 0.1) is 21.4 Å². The molecule has 0 unspecified atom stereocenters.